The molecule has 2 N–H and O–H groups in total. The van der Waals surface area contributed by atoms with Gasteiger partial charge in [0.25, 0.3) is 0 Å². The molecular weight excluding hydrogens is 527 g/mol. The Hall–Kier alpha value is -4.41. The maximum Gasteiger partial charge on any atom is 0.451 e. The number of aryl methyl sites for hydroxylation is 3. The Bertz CT molecular complexity index is 1590. The highest BCUT2D eigenvalue weighted by Gasteiger charge is 2.37. The standard InChI is InChI=1S/C21H22F3N11O2S/c1-11-6-17(29-12(2)28-11)30-15-8-16(27-10-26-15)31-19-14(35(4)38(5,36)37)7-13(9-25-19)18-32-20(21(22,23)24)34(3)33-18/h6-10H,1-5H3,(H2,25,26,27,28,29,30,31). The number of nitrogens with one attached hydrogen (secondary N) is 2. The smallest absolute Gasteiger partial charge is 0.325 e. The lowest BCUT2D eigenvalue weighted by atomic mass is 10.2. The number of halogens is 3. The van der Waals surface area contributed by atoms with Gasteiger partial charge in [0.1, 0.15) is 29.6 Å². The van der Waals surface area contributed by atoms with Crippen molar-refractivity contribution >= 4 is 39.0 Å². The van der Waals surface area contributed by atoms with Crippen molar-refractivity contribution in [2.24, 2.45) is 7.05 Å². The number of pyridine rings is 1. The fourth-order valence-electron chi connectivity index (χ4n) is 3.37. The van der Waals surface area contributed by atoms with Gasteiger partial charge in [0.15, 0.2) is 11.6 Å². The summed E-state index contributed by atoms with van der Waals surface area (Å²) < 4.78 is 65.8. The number of hydrogen-bond donors (Lipinski definition) is 2. The van der Waals surface area contributed by atoms with Gasteiger partial charge in [-0.2, -0.15) is 18.3 Å². The van der Waals surface area contributed by atoms with Crippen LogP contribution in [0, 0.1) is 13.8 Å². The quantitative estimate of drug-likeness (QED) is 0.349. The SMILES string of the molecule is Cc1cc(Nc2cc(Nc3ncc(-c4nc(C(F)(F)F)n(C)n4)cc3N(C)S(C)(=O)=O)ncn2)nc(C)n1. The Labute approximate surface area is 215 Å². The fraction of sp³-hybridized carbons (Fsp3) is 0.286. The van der Waals surface area contributed by atoms with Crippen LogP contribution in [0.3, 0.4) is 0 Å². The number of anilines is 5. The predicted octanol–water partition coefficient (Wildman–Crippen LogP) is 2.98. The molecule has 0 unspecified atom stereocenters. The van der Waals surface area contributed by atoms with Crippen molar-refractivity contribution in [1.82, 2.24) is 39.7 Å². The molecule has 200 valence electrons. The first-order chi connectivity index (χ1) is 17.7. The highest BCUT2D eigenvalue weighted by Crippen LogP contribution is 2.33. The normalized spacial score (nSPS) is 11.9. The fourth-order valence-corrected chi connectivity index (χ4v) is 3.87. The molecule has 0 aromatic carbocycles. The minimum Gasteiger partial charge on any atom is -0.325 e. The molecule has 17 heteroatoms. The lowest BCUT2D eigenvalue weighted by Crippen LogP contribution is -2.26. The minimum absolute atomic E-state index is 0.0289. The van der Waals surface area contributed by atoms with Crippen molar-refractivity contribution in [3.63, 3.8) is 0 Å². The lowest BCUT2D eigenvalue weighted by molar-refractivity contribution is -0.147. The van der Waals surface area contributed by atoms with Gasteiger partial charge in [-0.25, -0.2) is 43.0 Å². The van der Waals surface area contributed by atoms with E-state index in [4.69, 9.17) is 0 Å². The van der Waals surface area contributed by atoms with Crippen molar-refractivity contribution in [1.29, 1.82) is 0 Å². The summed E-state index contributed by atoms with van der Waals surface area (Å²) in [6.45, 7) is 3.58. The van der Waals surface area contributed by atoms with Gasteiger partial charge in [0.05, 0.1) is 11.9 Å². The number of hydrogen-bond acceptors (Lipinski definition) is 11. The van der Waals surface area contributed by atoms with Crippen LogP contribution in [-0.4, -0.2) is 61.4 Å². The number of rotatable bonds is 7. The maximum atomic E-state index is 13.2. The minimum atomic E-state index is -4.72. The van der Waals surface area contributed by atoms with E-state index in [-0.39, 0.29) is 28.7 Å². The molecule has 4 heterocycles. The van der Waals surface area contributed by atoms with E-state index in [0.29, 0.717) is 22.1 Å². The third-order valence-electron chi connectivity index (χ3n) is 5.11. The van der Waals surface area contributed by atoms with Crippen LogP contribution in [0.5, 0.6) is 0 Å². The maximum absolute atomic E-state index is 13.2. The summed E-state index contributed by atoms with van der Waals surface area (Å²) in [4.78, 5) is 24.6. The summed E-state index contributed by atoms with van der Waals surface area (Å²) in [7, 11) is -1.40. The molecule has 0 radical (unpaired) electrons. The predicted molar refractivity (Wildman–Crippen MR) is 133 cm³/mol. The van der Waals surface area contributed by atoms with E-state index in [1.54, 1.807) is 19.1 Å². The van der Waals surface area contributed by atoms with Crippen LogP contribution in [-0.2, 0) is 23.2 Å². The highest BCUT2D eigenvalue weighted by atomic mass is 32.2. The summed E-state index contributed by atoms with van der Waals surface area (Å²) in [5, 5.41) is 9.78. The van der Waals surface area contributed by atoms with Gasteiger partial charge >= 0.3 is 6.18 Å². The Morgan fingerprint density at radius 3 is 2.24 bits per heavy atom. The molecule has 0 fully saturated rings. The van der Waals surface area contributed by atoms with E-state index in [0.717, 1.165) is 23.3 Å². The van der Waals surface area contributed by atoms with E-state index in [9.17, 15) is 21.6 Å². The van der Waals surface area contributed by atoms with E-state index in [2.05, 4.69) is 45.6 Å². The van der Waals surface area contributed by atoms with E-state index >= 15 is 0 Å². The van der Waals surface area contributed by atoms with Gasteiger partial charge in [-0.05, 0) is 19.9 Å². The molecule has 0 bridgehead atoms. The second kappa shape index (κ2) is 9.81. The lowest BCUT2D eigenvalue weighted by Gasteiger charge is -2.20. The Morgan fingerprint density at radius 2 is 1.63 bits per heavy atom. The van der Waals surface area contributed by atoms with Gasteiger partial charge < -0.3 is 10.6 Å². The molecule has 38 heavy (non-hydrogen) atoms. The molecule has 0 atom stereocenters. The number of alkyl halides is 3. The zero-order chi connectivity index (χ0) is 27.8. The first kappa shape index (κ1) is 26.6. The van der Waals surface area contributed by atoms with Gasteiger partial charge in [-0.3, -0.25) is 4.31 Å². The van der Waals surface area contributed by atoms with Crippen LogP contribution in [0.1, 0.15) is 17.3 Å². The van der Waals surface area contributed by atoms with Crippen molar-refractivity contribution in [2.75, 3.05) is 28.2 Å². The van der Waals surface area contributed by atoms with Gasteiger partial charge in [0.2, 0.25) is 15.8 Å². The van der Waals surface area contributed by atoms with Gasteiger partial charge in [-0.1, -0.05) is 0 Å². The number of nitrogens with zero attached hydrogens (tertiary/aromatic N) is 9. The van der Waals surface area contributed by atoms with E-state index < -0.39 is 22.0 Å². The Morgan fingerprint density at radius 1 is 0.947 bits per heavy atom. The van der Waals surface area contributed by atoms with Gasteiger partial charge in [-0.15, -0.1) is 0 Å². The first-order valence-electron chi connectivity index (χ1n) is 10.8. The molecule has 0 spiro atoms. The van der Waals surface area contributed by atoms with Crippen molar-refractivity contribution < 1.29 is 21.6 Å². The van der Waals surface area contributed by atoms with Crippen LogP contribution < -0.4 is 14.9 Å². The topological polar surface area (TPSA) is 157 Å². The second-order valence-corrected chi connectivity index (χ2v) is 10.2. The molecule has 0 aliphatic heterocycles. The van der Waals surface area contributed by atoms with Crippen molar-refractivity contribution in [3.8, 4) is 11.4 Å². The second-order valence-electron chi connectivity index (χ2n) is 8.18. The van der Waals surface area contributed by atoms with Crippen LogP contribution in [0.15, 0.2) is 30.7 Å². The van der Waals surface area contributed by atoms with Crippen molar-refractivity contribution in [2.45, 2.75) is 20.0 Å². The molecule has 4 rings (SSSR count). The summed E-state index contributed by atoms with van der Waals surface area (Å²) >= 11 is 0. The van der Waals surface area contributed by atoms with Crippen LogP contribution in [0.4, 0.5) is 42.1 Å². The Balaban J connectivity index is 1.70. The average molecular weight is 550 g/mol. The molecule has 0 amide bonds. The Kier molecular flexibility index (Phi) is 6.88. The summed E-state index contributed by atoms with van der Waals surface area (Å²) in [6, 6.07) is 4.60. The zero-order valence-corrected chi connectivity index (χ0v) is 21.6. The van der Waals surface area contributed by atoms with Crippen LogP contribution in [0.25, 0.3) is 11.4 Å². The molecule has 0 aliphatic rings. The molecule has 0 saturated heterocycles. The summed E-state index contributed by atoms with van der Waals surface area (Å²) in [5.74, 6) is 0.305. The molecule has 0 aliphatic carbocycles. The van der Waals surface area contributed by atoms with Crippen LogP contribution in [0.2, 0.25) is 0 Å². The molecule has 0 saturated carbocycles. The first-order valence-corrected chi connectivity index (χ1v) is 12.7. The van der Waals surface area contributed by atoms with Gasteiger partial charge in [0, 0.05) is 43.7 Å². The molecular formula is C21H22F3N11O2S. The zero-order valence-electron chi connectivity index (χ0n) is 20.8. The highest BCUT2D eigenvalue weighted by molar-refractivity contribution is 7.92. The average Bonchev–Trinajstić information content (AvgIpc) is 3.20. The molecule has 4 aromatic heterocycles. The summed E-state index contributed by atoms with van der Waals surface area (Å²) in [5.41, 5.74) is 0.864. The molecule has 4 aromatic rings. The van der Waals surface area contributed by atoms with E-state index in [1.807, 2.05) is 6.92 Å². The molecule has 13 nitrogen and oxygen atoms in total. The monoisotopic (exact) mass is 549 g/mol. The number of sulfonamides is 1. The van der Waals surface area contributed by atoms with E-state index in [1.165, 1.54) is 25.6 Å². The largest absolute Gasteiger partial charge is 0.451 e. The summed E-state index contributed by atoms with van der Waals surface area (Å²) in [6.07, 6.45) is -1.24. The van der Waals surface area contributed by atoms with Crippen molar-refractivity contribution in [3.05, 3.63) is 48.1 Å². The third-order valence-corrected chi connectivity index (χ3v) is 6.31. The number of aromatic nitrogens is 8. The van der Waals surface area contributed by atoms with Crippen LogP contribution >= 0.6 is 0 Å². The third kappa shape index (κ3) is 5.93.